The van der Waals surface area contributed by atoms with Gasteiger partial charge in [0.05, 0.1) is 0 Å². The van der Waals surface area contributed by atoms with Gasteiger partial charge in [-0.15, -0.1) is 0 Å². The molecule has 3 heteroatoms. The molecule has 0 N–H and O–H groups in total. The molecule has 3 rings (SSSR count). The van der Waals surface area contributed by atoms with Crippen molar-refractivity contribution in [2.24, 2.45) is 11.8 Å². The fourth-order valence-electron chi connectivity index (χ4n) is 3.90. The molecule has 0 unspecified atom stereocenters. The smallest absolute Gasteiger partial charge is 0.163 e. The molecule has 136 valence electrons. The molecule has 26 heavy (non-hydrogen) atoms. The number of Topliss-reactive ketones (excluding diaryl/α,β-unsaturated/α-hetero) is 2. The molecule has 0 spiro atoms. The molecule has 0 aliphatic heterocycles. The Morgan fingerprint density at radius 3 is 2.42 bits per heavy atom. The molecule has 2 aromatic rings. The summed E-state index contributed by atoms with van der Waals surface area (Å²) >= 11 is 6.04. The predicted molar refractivity (Wildman–Crippen MR) is 106 cm³/mol. The van der Waals surface area contributed by atoms with Crippen LogP contribution in [0.1, 0.15) is 60.0 Å². The summed E-state index contributed by atoms with van der Waals surface area (Å²) in [6, 6.07) is 15.3. The molecule has 3 atom stereocenters. The minimum Gasteiger partial charge on any atom is -0.299 e. The largest absolute Gasteiger partial charge is 0.299 e. The molecule has 0 heterocycles. The number of hydrogen-bond donors (Lipinski definition) is 0. The lowest BCUT2D eigenvalue weighted by Gasteiger charge is -2.32. The third-order valence-electron chi connectivity index (χ3n) is 5.52. The van der Waals surface area contributed by atoms with Gasteiger partial charge in [0, 0.05) is 35.3 Å². The van der Waals surface area contributed by atoms with E-state index in [1.807, 2.05) is 55.5 Å². The summed E-state index contributed by atoms with van der Waals surface area (Å²) in [6.07, 6.45) is 2.78. The zero-order valence-corrected chi connectivity index (χ0v) is 16.1. The number of aryl methyl sites for hydroxylation is 1. The molecule has 1 fully saturated rings. The van der Waals surface area contributed by atoms with Crippen molar-refractivity contribution in [3.63, 3.8) is 0 Å². The highest BCUT2D eigenvalue weighted by Gasteiger charge is 2.35. The maximum Gasteiger partial charge on any atom is 0.163 e. The van der Waals surface area contributed by atoms with E-state index in [1.165, 1.54) is 0 Å². The highest BCUT2D eigenvalue weighted by molar-refractivity contribution is 6.30. The number of ketones is 2. The standard InChI is InChI=1S/C23H25ClO2/c1-15-3-6-18(7-4-15)23(26)14-20(17-8-10-19(24)11-9-17)21-13-16(2)5-12-22(21)25/h3-4,6-11,16,20-21H,5,12-14H2,1-2H3/t16-,20+,21+/m0/s1. The van der Waals surface area contributed by atoms with Crippen molar-refractivity contribution in [3.8, 4) is 0 Å². The monoisotopic (exact) mass is 368 g/mol. The summed E-state index contributed by atoms with van der Waals surface area (Å²) in [5.41, 5.74) is 2.88. The van der Waals surface area contributed by atoms with Crippen LogP contribution in [0.2, 0.25) is 5.02 Å². The van der Waals surface area contributed by atoms with Crippen LogP contribution in [0, 0.1) is 18.8 Å². The highest BCUT2D eigenvalue weighted by Crippen LogP contribution is 2.39. The van der Waals surface area contributed by atoms with Crippen molar-refractivity contribution in [1.29, 1.82) is 0 Å². The van der Waals surface area contributed by atoms with Crippen molar-refractivity contribution >= 4 is 23.2 Å². The first-order chi connectivity index (χ1) is 12.4. The van der Waals surface area contributed by atoms with Gasteiger partial charge in [-0.2, -0.15) is 0 Å². The quantitative estimate of drug-likeness (QED) is 0.605. The molecule has 2 nitrogen and oxygen atoms in total. The van der Waals surface area contributed by atoms with E-state index < -0.39 is 0 Å². The van der Waals surface area contributed by atoms with Crippen LogP contribution in [0.3, 0.4) is 0 Å². The van der Waals surface area contributed by atoms with Crippen LogP contribution in [0.15, 0.2) is 48.5 Å². The zero-order chi connectivity index (χ0) is 18.7. The normalized spacial score (nSPS) is 21.4. The second-order valence-corrected chi connectivity index (χ2v) is 8.04. The van der Waals surface area contributed by atoms with Crippen molar-refractivity contribution in [2.75, 3.05) is 0 Å². The zero-order valence-electron chi connectivity index (χ0n) is 15.4. The maximum absolute atomic E-state index is 12.9. The Balaban J connectivity index is 1.89. The van der Waals surface area contributed by atoms with Gasteiger partial charge in [0.15, 0.2) is 5.78 Å². The van der Waals surface area contributed by atoms with Gasteiger partial charge in [-0.05, 0) is 43.4 Å². The summed E-state index contributed by atoms with van der Waals surface area (Å²) < 4.78 is 0. The third kappa shape index (κ3) is 4.42. The van der Waals surface area contributed by atoms with Crippen LogP contribution in [0.4, 0.5) is 0 Å². The molecule has 2 aromatic carbocycles. The number of benzene rings is 2. The summed E-state index contributed by atoms with van der Waals surface area (Å²) in [6.45, 7) is 4.20. The molecule has 0 amide bonds. The fraction of sp³-hybridized carbons (Fsp3) is 0.391. The Kier molecular flexibility index (Phi) is 5.93. The SMILES string of the molecule is Cc1ccc(C(=O)C[C@H](c2ccc(Cl)cc2)[C@H]2C[C@@H](C)CCC2=O)cc1. The van der Waals surface area contributed by atoms with Crippen LogP contribution < -0.4 is 0 Å². The second kappa shape index (κ2) is 8.18. The van der Waals surface area contributed by atoms with Gasteiger partial charge in [0.1, 0.15) is 5.78 Å². The first-order valence-electron chi connectivity index (χ1n) is 9.32. The Morgan fingerprint density at radius 2 is 1.77 bits per heavy atom. The Labute approximate surface area is 160 Å². The van der Waals surface area contributed by atoms with Gasteiger partial charge in [0.2, 0.25) is 0 Å². The summed E-state index contributed by atoms with van der Waals surface area (Å²) in [7, 11) is 0. The van der Waals surface area contributed by atoms with Crippen LogP contribution in [-0.4, -0.2) is 11.6 Å². The van der Waals surface area contributed by atoms with E-state index in [0.29, 0.717) is 35.1 Å². The van der Waals surface area contributed by atoms with Crippen LogP contribution >= 0.6 is 11.6 Å². The number of hydrogen-bond acceptors (Lipinski definition) is 2. The number of halogens is 1. The number of rotatable bonds is 5. The van der Waals surface area contributed by atoms with E-state index in [1.54, 1.807) is 0 Å². The lowest BCUT2D eigenvalue weighted by Crippen LogP contribution is -2.30. The van der Waals surface area contributed by atoms with Crippen molar-refractivity contribution in [2.45, 2.75) is 45.4 Å². The van der Waals surface area contributed by atoms with Gasteiger partial charge in [-0.3, -0.25) is 9.59 Å². The molecular weight excluding hydrogens is 344 g/mol. The van der Waals surface area contributed by atoms with Crippen molar-refractivity contribution < 1.29 is 9.59 Å². The Morgan fingerprint density at radius 1 is 1.12 bits per heavy atom. The number of carbonyl (C=O) groups excluding carboxylic acids is 2. The van der Waals surface area contributed by atoms with Crippen molar-refractivity contribution in [1.82, 2.24) is 0 Å². The van der Waals surface area contributed by atoms with Gasteiger partial charge in [-0.1, -0.05) is 60.5 Å². The minimum atomic E-state index is -0.0886. The van der Waals surface area contributed by atoms with Gasteiger partial charge in [-0.25, -0.2) is 0 Å². The molecule has 0 bridgehead atoms. The predicted octanol–water partition coefficient (Wildman–Crippen LogP) is 6.01. The van der Waals surface area contributed by atoms with Gasteiger partial charge < -0.3 is 0 Å². The molecule has 1 aliphatic rings. The topological polar surface area (TPSA) is 34.1 Å². The molecule has 0 radical (unpaired) electrons. The van der Waals surface area contributed by atoms with Gasteiger partial charge in [0.25, 0.3) is 0 Å². The Bertz CT molecular complexity index is 777. The molecular formula is C23H25ClO2. The van der Waals surface area contributed by atoms with Crippen LogP contribution in [-0.2, 0) is 4.79 Å². The Hall–Kier alpha value is -1.93. The second-order valence-electron chi connectivity index (χ2n) is 7.60. The first-order valence-corrected chi connectivity index (χ1v) is 9.70. The summed E-state index contributed by atoms with van der Waals surface area (Å²) in [5, 5.41) is 0.667. The van der Waals surface area contributed by atoms with Crippen LogP contribution in [0.25, 0.3) is 0 Å². The van der Waals surface area contributed by atoms with Crippen LogP contribution in [0.5, 0.6) is 0 Å². The lowest BCUT2D eigenvalue weighted by atomic mass is 9.70. The summed E-state index contributed by atoms with van der Waals surface area (Å²) in [4.78, 5) is 25.5. The van der Waals surface area contributed by atoms with E-state index in [0.717, 1.165) is 24.0 Å². The minimum absolute atomic E-state index is 0.0867. The van der Waals surface area contributed by atoms with E-state index in [4.69, 9.17) is 11.6 Å². The van der Waals surface area contributed by atoms with E-state index >= 15 is 0 Å². The van der Waals surface area contributed by atoms with E-state index in [-0.39, 0.29) is 17.6 Å². The van der Waals surface area contributed by atoms with Gasteiger partial charge >= 0.3 is 0 Å². The summed E-state index contributed by atoms with van der Waals surface area (Å²) in [5.74, 6) is 0.725. The molecule has 1 aliphatic carbocycles. The fourth-order valence-corrected chi connectivity index (χ4v) is 4.03. The molecule has 1 saturated carbocycles. The van der Waals surface area contributed by atoms with E-state index in [9.17, 15) is 9.59 Å². The third-order valence-corrected chi connectivity index (χ3v) is 5.77. The first kappa shape index (κ1) is 18.8. The number of carbonyl (C=O) groups is 2. The highest BCUT2D eigenvalue weighted by atomic mass is 35.5. The lowest BCUT2D eigenvalue weighted by molar-refractivity contribution is -0.126. The molecule has 0 saturated heterocycles. The van der Waals surface area contributed by atoms with Crippen molar-refractivity contribution in [3.05, 3.63) is 70.2 Å². The average molecular weight is 369 g/mol. The average Bonchev–Trinajstić information content (AvgIpc) is 2.63. The van der Waals surface area contributed by atoms with E-state index in [2.05, 4.69) is 6.92 Å². The molecule has 0 aromatic heterocycles. The maximum atomic E-state index is 12.9.